The first-order valence-electron chi connectivity index (χ1n) is 7.77. The van der Waals surface area contributed by atoms with Crippen LogP contribution in [0.25, 0.3) is 21.5 Å². The quantitative estimate of drug-likeness (QED) is 0.399. The van der Waals surface area contributed by atoms with Gasteiger partial charge in [0.2, 0.25) is 5.82 Å². The van der Waals surface area contributed by atoms with Crippen LogP contribution in [0.2, 0.25) is 0 Å². The first-order valence-corrected chi connectivity index (χ1v) is 10.2. The summed E-state index contributed by atoms with van der Waals surface area (Å²) in [6, 6.07) is 11.4. The van der Waals surface area contributed by atoms with Gasteiger partial charge >= 0.3 is 11.8 Å². The van der Waals surface area contributed by atoms with Gasteiger partial charge in [-0.2, -0.15) is 4.98 Å². The van der Waals surface area contributed by atoms with Crippen molar-refractivity contribution in [3.05, 3.63) is 62.2 Å². The number of thiophene rings is 1. The smallest absolute Gasteiger partial charge is 0.316 e. The third kappa shape index (κ3) is 3.76. The number of aromatic hydroxyl groups is 1. The van der Waals surface area contributed by atoms with Gasteiger partial charge < -0.3 is 14.9 Å². The molecule has 0 aliphatic rings. The number of nitrogens with one attached hydrogen (secondary N) is 1. The summed E-state index contributed by atoms with van der Waals surface area (Å²) in [5.41, 5.74) is 1.58. The average Bonchev–Trinajstić information content (AvgIpc) is 3.32. The molecule has 0 radical (unpaired) electrons. The molecule has 4 rings (SSSR count). The minimum atomic E-state index is -0.448. The number of benzene rings is 2. The molecule has 0 aliphatic carbocycles. The van der Waals surface area contributed by atoms with Crippen molar-refractivity contribution in [3.8, 4) is 17.1 Å². The molecule has 0 saturated heterocycles. The number of aromatic nitrogens is 2. The van der Waals surface area contributed by atoms with E-state index in [9.17, 15) is 9.90 Å². The lowest BCUT2D eigenvalue weighted by Crippen LogP contribution is -2.23. The Morgan fingerprint density at radius 2 is 1.96 bits per heavy atom. The van der Waals surface area contributed by atoms with E-state index in [-0.39, 0.29) is 17.5 Å². The minimum Gasteiger partial charge on any atom is -0.506 e. The van der Waals surface area contributed by atoms with Gasteiger partial charge in [-0.15, -0.1) is 11.3 Å². The summed E-state index contributed by atoms with van der Waals surface area (Å²) in [7, 11) is 0. The molecule has 1 amide bonds. The number of amides is 1. The van der Waals surface area contributed by atoms with Crippen LogP contribution in [0.15, 0.2) is 55.2 Å². The van der Waals surface area contributed by atoms with E-state index in [0.29, 0.717) is 21.1 Å². The lowest BCUT2D eigenvalue weighted by molar-refractivity contribution is 0.0907. The number of hydrogen-bond acceptors (Lipinski definition) is 6. The fourth-order valence-corrected chi connectivity index (χ4v) is 4.47. The maximum absolute atomic E-state index is 12.3. The van der Waals surface area contributed by atoms with Crippen molar-refractivity contribution in [1.82, 2.24) is 15.5 Å². The predicted octanol–water partition coefficient (Wildman–Crippen LogP) is 5.11. The van der Waals surface area contributed by atoms with Gasteiger partial charge in [-0.05, 0) is 78.5 Å². The van der Waals surface area contributed by atoms with E-state index in [1.165, 1.54) is 4.70 Å². The Labute approximate surface area is 174 Å². The molecule has 136 valence electrons. The molecule has 0 bridgehead atoms. The highest BCUT2D eigenvalue weighted by Gasteiger charge is 2.17. The number of rotatable bonds is 4. The van der Waals surface area contributed by atoms with E-state index in [2.05, 4.69) is 47.3 Å². The van der Waals surface area contributed by atoms with Crippen LogP contribution in [0.3, 0.4) is 0 Å². The number of halogens is 2. The van der Waals surface area contributed by atoms with E-state index in [1.807, 2.05) is 29.6 Å². The van der Waals surface area contributed by atoms with Crippen molar-refractivity contribution in [2.24, 2.45) is 0 Å². The molecule has 2 N–H and O–H groups in total. The van der Waals surface area contributed by atoms with Gasteiger partial charge in [-0.3, -0.25) is 4.79 Å². The fraction of sp³-hybridized carbons (Fsp3) is 0.0556. The molecule has 2 aromatic carbocycles. The first kappa shape index (κ1) is 18.1. The van der Waals surface area contributed by atoms with E-state index in [1.54, 1.807) is 23.5 Å². The van der Waals surface area contributed by atoms with Crippen LogP contribution >= 0.6 is 43.2 Å². The Hall–Kier alpha value is -2.23. The van der Waals surface area contributed by atoms with Crippen LogP contribution in [0.4, 0.5) is 0 Å². The molecule has 0 spiro atoms. The summed E-state index contributed by atoms with van der Waals surface area (Å²) < 4.78 is 7.24. The Kier molecular flexibility index (Phi) is 4.98. The van der Waals surface area contributed by atoms with Crippen LogP contribution in [0.5, 0.6) is 5.75 Å². The molecule has 0 saturated carbocycles. The summed E-state index contributed by atoms with van der Waals surface area (Å²) >= 11 is 8.18. The zero-order valence-electron chi connectivity index (χ0n) is 13.6. The van der Waals surface area contributed by atoms with Gasteiger partial charge in [-0.25, -0.2) is 0 Å². The maximum Gasteiger partial charge on any atom is 0.316 e. The number of phenols is 1. The van der Waals surface area contributed by atoms with Crippen LogP contribution in [-0.4, -0.2) is 21.2 Å². The standard InChI is InChI=1S/C18H11Br2N3O3S/c19-12-6-11(7-13(20)15(12)24)16-22-18(26-23-16)17(25)21-8-9-1-2-14-10(5-9)3-4-27-14/h1-7,24H,8H2,(H,21,25). The summed E-state index contributed by atoms with van der Waals surface area (Å²) in [4.78, 5) is 16.4. The van der Waals surface area contributed by atoms with Crippen LogP contribution in [-0.2, 0) is 6.54 Å². The van der Waals surface area contributed by atoms with E-state index >= 15 is 0 Å². The van der Waals surface area contributed by atoms with Gasteiger partial charge in [-0.1, -0.05) is 11.2 Å². The van der Waals surface area contributed by atoms with E-state index < -0.39 is 5.91 Å². The molecule has 6 nitrogen and oxygen atoms in total. The molecule has 27 heavy (non-hydrogen) atoms. The van der Waals surface area contributed by atoms with Crippen LogP contribution in [0, 0.1) is 0 Å². The molecule has 2 heterocycles. The van der Waals surface area contributed by atoms with Crippen molar-refractivity contribution < 1.29 is 14.4 Å². The summed E-state index contributed by atoms with van der Waals surface area (Å²) in [5, 5.41) is 19.6. The highest BCUT2D eigenvalue weighted by molar-refractivity contribution is 9.11. The number of fused-ring (bicyclic) bond motifs is 1. The van der Waals surface area contributed by atoms with Gasteiger partial charge in [0.25, 0.3) is 0 Å². The Balaban J connectivity index is 1.48. The minimum absolute atomic E-state index is 0.0720. The maximum atomic E-state index is 12.3. The zero-order chi connectivity index (χ0) is 19.0. The Bertz CT molecular complexity index is 1130. The second-order valence-electron chi connectivity index (χ2n) is 5.69. The number of carbonyl (C=O) groups excluding carboxylic acids is 1. The third-order valence-electron chi connectivity index (χ3n) is 3.87. The van der Waals surface area contributed by atoms with Crippen molar-refractivity contribution in [2.45, 2.75) is 6.54 Å². The summed E-state index contributed by atoms with van der Waals surface area (Å²) in [6.07, 6.45) is 0. The molecular formula is C18H11Br2N3O3S. The first-order chi connectivity index (χ1) is 13.0. The highest BCUT2D eigenvalue weighted by atomic mass is 79.9. The third-order valence-corrected chi connectivity index (χ3v) is 5.97. The average molecular weight is 509 g/mol. The highest BCUT2D eigenvalue weighted by Crippen LogP contribution is 2.36. The van der Waals surface area contributed by atoms with Crippen molar-refractivity contribution >= 4 is 59.2 Å². The van der Waals surface area contributed by atoms with Crippen LogP contribution < -0.4 is 5.32 Å². The summed E-state index contributed by atoms with van der Waals surface area (Å²) in [6.45, 7) is 0.360. The molecule has 0 atom stereocenters. The fourth-order valence-electron chi connectivity index (χ4n) is 2.51. The largest absolute Gasteiger partial charge is 0.506 e. The Morgan fingerprint density at radius 1 is 1.19 bits per heavy atom. The van der Waals surface area contributed by atoms with Crippen molar-refractivity contribution in [1.29, 1.82) is 0 Å². The molecule has 4 aromatic rings. The predicted molar refractivity (Wildman–Crippen MR) is 110 cm³/mol. The van der Waals surface area contributed by atoms with Crippen molar-refractivity contribution in [3.63, 3.8) is 0 Å². The lowest BCUT2D eigenvalue weighted by atomic mass is 10.1. The van der Waals surface area contributed by atoms with Crippen molar-refractivity contribution in [2.75, 3.05) is 0 Å². The number of hydrogen-bond donors (Lipinski definition) is 2. The van der Waals surface area contributed by atoms with Gasteiger partial charge in [0.15, 0.2) is 0 Å². The normalized spacial score (nSPS) is 11.0. The van der Waals surface area contributed by atoms with Gasteiger partial charge in [0.05, 0.1) is 8.95 Å². The molecule has 0 fully saturated rings. The molecule has 0 aliphatic heterocycles. The number of carbonyl (C=O) groups is 1. The monoisotopic (exact) mass is 507 g/mol. The Morgan fingerprint density at radius 3 is 2.74 bits per heavy atom. The molecule has 9 heteroatoms. The number of phenolic OH excluding ortho intramolecular Hbond substituents is 1. The van der Waals surface area contributed by atoms with E-state index in [0.717, 1.165) is 10.9 Å². The molecular weight excluding hydrogens is 498 g/mol. The molecule has 2 aromatic heterocycles. The topological polar surface area (TPSA) is 88.2 Å². The SMILES string of the molecule is O=C(NCc1ccc2sccc2c1)c1nc(-c2cc(Br)c(O)c(Br)c2)no1. The zero-order valence-corrected chi connectivity index (χ0v) is 17.6. The van der Waals surface area contributed by atoms with E-state index in [4.69, 9.17) is 4.52 Å². The second-order valence-corrected chi connectivity index (χ2v) is 8.34. The molecule has 0 unspecified atom stereocenters. The summed E-state index contributed by atoms with van der Waals surface area (Å²) in [5.74, 6) is -0.248. The van der Waals surface area contributed by atoms with Crippen LogP contribution in [0.1, 0.15) is 16.2 Å². The number of nitrogens with zero attached hydrogens (tertiary/aromatic N) is 2. The lowest BCUT2D eigenvalue weighted by Gasteiger charge is -2.03. The van der Waals surface area contributed by atoms with Gasteiger partial charge in [0, 0.05) is 16.8 Å². The van der Waals surface area contributed by atoms with Gasteiger partial charge in [0.1, 0.15) is 5.75 Å². The second kappa shape index (κ2) is 7.41.